The molecule has 0 aliphatic carbocycles. The number of carboxylic acids is 1. The van der Waals surface area contributed by atoms with Gasteiger partial charge in [0.25, 0.3) is 5.91 Å². The van der Waals surface area contributed by atoms with E-state index in [1.165, 1.54) is 0 Å². The number of hydrogen-bond donors (Lipinski definition) is 4. The lowest BCUT2D eigenvalue weighted by Gasteiger charge is -2.16. The Bertz CT molecular complexity index is 366. The molecule has 0 fully saturated rings. The Hall–Kier alpha value is -1.96. The Labute approximate surface area is 96.7 Å². The number of rotatable bonds is 5. The molecule has 8 heteroatoms. The van der Waals surface area contributed by atoms with E-state index in [0.29, 0.717) is 0 Å². The summed E-state index contributed by atoms with van der Waals surface area (Å²) in [5, 5.41) is 23.2. The van der Waals surface area contributed by atoms with Gasteiger partial charge in [-0.05, 0) is 0 Å². The highest BCUT2D eigenvalue weighted by molar-refractivity contribution is 6.39. The summed E-state index contributed by atoms with van der Waals surface area (Å²) in [5.41, 5.74) is 2.22. The average Bonchev–Trinajstić information content (AvgIpc) is 2.29. The van der Waals surface area contributed by atoms with Crippen LogP contribution in [0.5, 0.6) is 0 Å². The number of aliphatic hydroxyl groups is 1. The maximum atomic E-state index is 11.6. The van der Waals surface area contributed by atoms with Crippen LogP contribution in [0, 0.1) is 0 Å². The topological polar surface area (TPSA) is 128 Å². The van der Waals surface area contributed by atoms with Crippen molar-refractivity contribution in [3.63, 3.8) is 0 Å². The Kier molecular flexibility index (Phi) is 4.58. The summed E-state index contributed by atoms with van der Waals surface area (Å²) in [6.45, 7) is -0.347. The molecule has 0 aromatic rings. The minimum absolute atomic E-state index is 0.0776. The number of hydrazone groups is 1. The van der Waals surface area contributed by atoms with Gasteiger partial charge in [-0.15, -0.1) is 0 Å². The molecule has 2 amide bonds. The maximum absolute atomic E-state index is 11.6. The van der Waals surface area contributed by atoms with Gasteiger partial charge in [0, 0.05) is 25.9 Å². The van der Waals surface area contributed by atoms with Gasteiger partial charge in [-0.3, -0.25) is 9.59 Å². The number of carbonyl (C=O) groups excluding carboxylic acids is 2. The first-order valence-electron chi connectivity index (χ1n) is 5.04. The number of aliphatic hydroxyl groups excluding tert-OH is 1. The smallest absolute Gasteiger partial charge is 0.326 e. The van der Waals surface area contributed by atoms with Crippen molar-refractivity contribution in [2.45, 2.75) is 25.3 Å². The highest BCUT2D eigenvalue weighted by Crippen LogP contribution is 2.01. The quantitative estimate of drug-likeness (QED) is 0.453. The predicted octanol–water partition coefficient (Wildman–Crippen LogP) is -1.80. The molecule has 1 heterocycles. The van der Waals surface area contributed by atoms with Gasteiger partial charge in [0.2, 0.25) is 5.91 Å². The lowest BCUT2D eigenvalue weighted by atomic mass is 10.1. The zero-order chi connectivity index (χ0) is 12.8. The van der Waals surface area contributed by atoms with E-state index in [1.807, 2.05) is 0 Å². The Morgan fingerprint density at radius 1 is 1.47 bits per heavy atom. The monoisotopic (exact) mass is 243 g/mol. The van der Waals surface area contributed by atoms with E-state index in [-0.39, 0.29) is 37.5 Å². The van der Waals surface area contributed by atoms with E-state index in [0.717, 1.165) is 0 Å². The molecule has 94 valence electrons. The second kappa shape index (κ2) is 5.94. The van der Waals surface area contributed by atoms with E-state index in [2.05, 4.69) is 15.8 Å². The van der Waals surface area contributed by atoms with Crippen LogP contribution >= 0.6 is 0 Å². The van der Waals surface area contributed by atoms with Crippen molar-refractivity contribution in [3.8, 4) is 0 Å². The molecule has 4 N–H and O–H groups in total. The van der Waals surface area contributed by atoms with Crippen LogP contribution in [-0.2, 0) is 14.4 Å². The molecular weight excluding hydrogens is 230 g/mol. The van der Waals surface area contributed by atoms with Crippen molar-refractivity contribution >= 4 is 23.5 Å². The van der Waals surface area contributed by atoms with Crippen molar-refractivity contribution < 1.29 is 24.6 Å². The van der Waals surface area contributed by atoms with Crippen LogP contribution in [0.1, 0.15) is 19.3 Å². The first-order chi connectivity index (χ1) is 8.04. The molecule has 1 atom stereocenters. The molecule has 1 aliphatic heterocycles. The van der Waals surface area contributed by atoms with Crippen molar-refractivity contribution in [2.75, 3.05) is 6.61 Å². The molecule has 17 heavy (non-hydrogen) atoms. The van der Waals surface area contributed by atoms with Crippen LogP contribution in [0.15, 0.2) is 5.10 Å². The van der Waals surface area contributed by atoms with Gasteiger partial charge in [-0.1, -0.05) is 0 Å². The molecule has 1 rings (SSSR count). The van der Waals surface area contributed by atoms with E-state index in [1.54, 1.807) is 0 Å². The van der Waals surface area contributed by atoms with Gasteiger partial charge in [0.15, 0.2) is 0 Å². The normalized spacial score (nSPS) is 16.8. The van der Waals surface area contributed by atoms with Crippen molar-refractivity contribution in [1.29, 1.82) is 0 Å². The summed E-state index contributed by atoms with van der Waals surface area (Å²) in [6.07, 6.45) is 0.230. The Morgan fingerprint density at radius 3 is 2.65 bits per heavy atom. The molecule has 8 nitrogen and oxygen atoms in total. The van der Waals surface area contributed by atoms with E-state index in [4.69, 9.17) is 10.2 Å². The lowest BCUT2D eigenvalue weighted by Crippen LogP contribution is -2.46. The van der Waals surface area contributed by atoms with E-state index < -0.39 is 17.9 Å². The molecular formula is C9H13N3O5. The Balaban J connectivity index is 2.58. The van der Waals surface area contributed by atoms with Gasteiger partial charge in [0.1, 0.15) is 11.8 Å². The number of nitrogens with one attached hydrogen (secondary N) is 2. The maximum Gasteiger partial charge on any atom is 0.326 e. The molecule has 0 spiro atoms. The molecule has 0 saturated heterocycles. The molecule has 0 aromatic carbocycles. The average molecular weight is 243 g/mol. The van der Waals surface area contributed by atoms with Crippen LogP contribution in [0.3, 0.4) is 0 Å². The van der Waals surface area contributed by atoms with E-state index >= 15 is 0 Å². The SMILES string of the molecule is O=C1CCC(C(=O)N[C@H](CCO)C(=O)O)=NN1. The number of aliphatic carboxylic acids is 1. The third-order valence-electron chi connectivity index (χ3n) is 2.19. The molecule has 1 aliphatic rings. The minimum Gasteiger partial charge on any atom is -0.480 e. The number of hydrogen-bond acceptors (Lipinski definition) is 5. The third kappa shape index (κ3) is 3.83. The summed E-state index contributed by atoms with van der Waals surface area (Å²) in [6, 6.07) is -1.16. The summed E-state index contributed by atoms with van der Waals surface area (Å²) >= 11 is 0. The highest BCUT2D eigenvalue weighted by atomic mass is 16.4. The molecule has 0 radical (unpaired) electrons. The second-order valence-electron chi connectivity index (χ2n) is 3.47. The zero-order valence-corrected chi connectivity index (χ0v) is 8.97. The van der Waals surface area contributed by atoms with Gasteiger partial charge < -0.3 is 15.5 Å². The van der Waals surface area contributed by atoms with Crippen LogP contribution < -0.4 is 10.7 Å². The lowest BCUT2D eigenvalue weighted by molar-refractivity contribution is -0.141. The molecule has 0 saturated carbocycles. The fraction of sp³-hybridized carbons (Fsp3) is 0.556. The Morgan fingerprint density at radius 2 is 2.18 bits per heavy atom. The van der Waals surface area contributed by atoms with Crippen LogP contribution in [0.25, 0.3) is 0 Å². The molecule has 0 bridgehead atoms. The van der Waals surface area contributed by atoms with Gasteiger partial charge in [-0.2, -0.15) is 5.10 Å². The number of carboxylic acid groups (broad SMARTS) is 1. The minimum atomic E-state index is -1.23. The third-order valence-corrected chi connectivity index (χ3v) is 2.19. The molecule has 0 aromatic heterocycles. The van der Waals surface area contributed by atoms with Crippen molar-refractivity contribution in [3.05, 3.63) is 0 Å². The largest absolute Gasteiger partial charge is 0.480 e. The zero-order valence-electron chi connectivity index (χ0n) is 8.97. The van der Waals surface area contributed by atoms with Crippen LogP contribution in [0.2, 0.25) is 0 Å². The number of amides is 2. The summed E-state index contributed by atoms with van der Waals surface area (Å²) in [5.74, 6) is -2.16. The van der Waals surface area contributed by atoms with Gasteiger partial charge in [-0.25, -0.2) is 10.2 Å². The summed E-state index contributed by atoms with van der Waals surface area (Å²) in [7, 11) is 0. The first kappa shape index (κ1) is 13.1. The van der Waals surface area contributed by atoms with Gasteiger partial charge in [0.05, 0.1) is 0 Å². The van der Waals surface area contributed by atoms with Crippen LogP contribution in [-0.4, -0.2) is 46.4 Å². The first-order valence-corrected chi connectivity index (χ1v) is 5.04. The second-order valence-corrected chi connectivity index (χ2v) is 3.47. The summed E-state index contributed by atoms with van der Waals surface area (Å²) < 4.78 is 0. The predicted molar refractivity (Wildman–Crippen MR) is 56.1 cm³/mol. The fourth-order valence-electron chi connectivity index (χ4n) is 1.27. The van der Waals surface area contributed by atoms with Crippen molar-refractivity contribution in [2.24, 2.45) is 5.10 Å². The fourth-order valence-corrected chi connectivity index (χ4v) is 1.27. The number of carbonyl (C=O) groups is 3. The highest BCUT2D eigenvalue weighted by Gasteiger charge is 2.24. The number of nitrogens with zero attached hydrogens (tertiary/aromatic N) is 1. The van der Waals surface area contributed by atoms with Crippen LogP contribution in [0.4, 0.5) is 0 Å². The summed E-state index contributed by atoms with van der Waals surface area (Å²) in [4.78, 5) is 33.1. The van der Waals surface area contributed by atoms with Gasteiger partial charge >= 0.3 is 5.97 Å². The standard InChI is InChI=1S/C9H13N3O5/c13-4-3-6(9(16)17)10-8(15)5-1-2-7(14)12-11-5/h6,13H,1-4H2,(H,10,15)(H,12,14)(H,16,17)/t6-/m1/s1. The van der Waals surface area contributed by atoms with Crippen molar-refractivity contribution in [1.82, 2.24) is 10.7 Å². The van der Waals surface area contributed by atoms with E-state index in [9.17, 15) is 14.4 Å². The molecule has 0 unspecified atom stereocenters.